The quantitative estimate of drug-likeness (QED) is 0.441. The third kappa shape index (κ3) is 3.75. The highest BCUT2D eigenvalue weighted by atomic mass is 16.2. The highest BCUT2D eigenvalue weighted by Crippen LogP contribution is 2.25. The minimum atomic E-state index is -0.413. The lowest BCUT2D eigenvalue weighted by Gasteiger charge is -2.24. The summed E-state index contributed by atoms with van der Waals surface area (Å²) >= 11 is 0. The number of aromatic nitrogens is 3. The van der Waals surface area contributed by atoms with Crippen LogP contribution in [0, 0.1) is 6.92 Å². The number of fused-ring (bicyclic) bond motifs is 2. The second-order valence-corrected chi connectivity index (χ2v) is 8.41. The number of aromatic amines is 1. The van der Waals surface area contributed by atoms with Crippen molar-refractivity contribution < 1.29 is 9.59 Å². The summed E-state index contributed by atoms with van der Waals surface area (Å²) < 4.78 is 2.00. The van der Waals surface area contributed by atoms with Gasteiger partial charge in [0, 0.05) is 48.5 Å². The van der Waals surface area contributed by atoms with Crippen LogP contribution < -0.4 is 5.32 Å². The summed E-state index contributed by atoms with van der Waals surface area (Å²) in [5.74, 6) is -0.0360. The van der Waals surface area contributed by atoms with Gasteiger partial charge in [-0.25, -0.2) is 0 Å². The minimum absolute atomic E-state index is 0.0360. The zero-order chi connectivity index (χ0) is 22.1. The molecule has 32 heavy (non-hydrogen) atoms. The van der Waals surface area contributed by atoms with E-state index in [0.29, 0.717) is 25.9 Å². The topological polar surface area (TPSA) is 83.0 Å². The van der Waals surface area contributed by atoms with Crippen molar-refractivity contribution in [1.29, 1.82) is 0 Å². The first-order valence-electron chi connectivity index (χ1n) is 11.2. The van der Waals surface area contributed by atoms with Gasteiger partial charge in [-0.15, -0.1) is 0 Å². The Bertz CT molecular complexity index is 1290. The van der Waals surface area contributed by atoms with Crippen LogP contribution in [0.15, 0.2) is 54.7 Å². The lowest BCUT2D eigenvalue weighted by molar-refractivity contribution is -0.135. The molecule has 3 heterocycles. The second kappa shape index (κ2) is 8.49. The van der Waals surface area contributed by atoms with Crippen LogP contribution in [-0.2, 0) is 22.7 Å². The fourth-order valence-electron chi connectivity index (χ4n) is 4.67. The molecular formula is C25H27N5O2. The van der Waals surface area contributed by atoms with Gasteiger partial charge in [-0.2, -0.15) is 5.10 Å². The number of para-hydroxylation sites is 2. The molecule has 2 aromatic heterocycles. The van der Waals surface area contributed by atoms with Crippen molar-refractivity contribution in [2.75, 3.05) is 6.54 Å². The van der Waals surface area contributed by atoms with E-state index in [4.69, 9.17) is 0 Å². The highest BCUT2D eigenvalue weighted by Gasteiger charge is 2.36. The van der Waals surface area contributed by atoms with Crippen LogP contribution in [-0.4, -0.2) is 44.1 Å². The number of hydrogen-bond acceptors (Lipinski definition) is 3. The van der Waals surface area contributed by atoms with Crippen LogP contribution >= 0.6 is 0 Å². The number of benzene rings is 2. The van der Waals surface area contributed by atoms with E-state index in [1.54, 1.807) is 4.90 Å². The molecule has 0 bridgehead atoms. The molecule has 1 unspecified atom stereocenters. The summed E-state index contributed by atoms with van der Waals surface area (Å²) in [4.78, 5) is 30.4. The number of aryl methyl sites for hydroxylation is 2. The standard InChI is InChI=1S/C25H27N5O2/c1-17-19-7-3-5-10-22(19)30(28-17)14-6-13-26-25(32)23-11-12-24(31)29(23)16-18-15-27-21-9-4-2-8-20(18)21/h2-5,7-10,15,23,27H,6,11-14,16H2,1H3,(H,26,32). The van der Waals surface area contributed by atoms with E-state index in [1.807, 2.05) is 54.2 Å². The van der Waals surface area contributed by atoms with Crippen molar-refractivity contribution in [3.63, 3.8) is 0 Å². The number of H-pyrrole nitrogens is 1. The number of likely N-dealkylation sites (tertiary alicyclic amines) is 1. The largest absolute Gasteiger partial charge is 0.361 e. The van der Waals surface area contributed by atoms with Crippen molar-refractivity contribution >= 4 is 33.6 Å². The van der Waals surface area contributed by atoms with Crippen molar-refractivity contribution in [3.8, 4) is 0 Å². The number of nitrogens with one attached hydrogen (secondary N) is 2. The molecule has 2 aromatic carbocycles. The van der Waals surface area contributed by atoms with Gasteiger partial charge >= 0.3 is 0 Å². The molecule has 1 fully saturated rings. The molecule has 0 aliphatic carbocycles. The second-order valence-electron chi connectivity index (χ2n) is 8.41. The third-order valence-corrected chi connectivity index (χ3v) is 6.34. The van der Waals surface area contributed by atoms with Crippen LogP contribution in [0.25, 0.3) is 21.8 Å². The molecule has 0 spiro atoms. The predicted molar refractivity (Wildman–Crippen MR) is 124 cm³/mol. The van der Waals surface area contributed by atoms with Gasteiger partial charge in [-0.1, -0.05) is 36.4 Å². The molecule has 1 aliphatic heterocycles. The molecule has 1 atom stereocenters. The van der Waals surface area contributed by atoms with Crippen LogP contribution in [0.5, 0.6) is 0 Å². The van der Waals surface area contributed by atoms with Crippen molar-refractivity contribution in [2.24, 2.45) is 0 Å². The molecule has 7 heteroatoms. The van der Waals surface area contributed by atoms with Crippen molar-refractivity contribution in [2.45, 2.75) is 45.3 Å². The lowest BCUT2D eigenvalue weighted by Crippen LogP contribution is -2.44. The van der Waals surface area contributed by atoms with Crippen molar-refractivity contribution in [1.82, 2.24) is 25.0 Å². The number of carbonyl (C=O) groups excluding carboxylic acids is 2. The molecule has 164 valence electrons. The average molecular weight is 430 g/mol. The maximum Gasteiger partial charge on any atom is 0.242 e. The Hall–Kier alpha value is -3.61. The Kier molecular flexibility index (Phi) is 5.39. The fraction of sp³-hybridized carbons (Fsp3) is 0.320. The van der Waals surface area contributed by atoms with E-state index >= 15 is 0 Å². The Labute approximate surface area is 186 Å². The van der Waals surface area contributed by atoms with E-state index in [9.17, 15) is 9.59 Å². The van der Waals surface area contributed by atoms with Crippen LogP contribution in [0.2, 0.25) is 0 Å². The molecule has 0 radical (unpaired) electrons. The highest BCUT2D eigenvalue weighted by molar-refractivity contribution is 5.91. The summed E-state index contributed by atoms with van der Waals surface area (Å²) in [5, 5.41) is 9.91. The third-order valence-electron chi connectivity index (χ3n) is 6.34. The van der Waals surface area contributed by atoms with E-state index in [1.165, 1.54) is 0 Å². The first-order chi connectivity index (χ1) is 15.6. The van der Waals surface area contributed by atoms with Gasteiger partial charge < -0.3 is 15.2 Å². The van der Waals surface area contributed by atoms with Gasteiger partial charge in [-0.05, 0) is 37.5 Å². The summed E-state index contributed by atoms with van der Waals surface area (Å²) in [6.45, 7) is 3.74. The summed E-state index contributed by atoms with van der Waals surface area (Å²) in [7, 11) is 0. The normalized spacial score (nSPS) is 16.3. The molecule has 2 amide bonds. The Balaban J connectivity index is 1.19. The first kappa shape index (κ1) is 20.3. The molecule has 2 N–H and O–H groups in total. The Morgan fingerprint density at radius 1 is 1.16 bits per heavy atom. The molecule has 1 saturated heterocycles. The van der Waals surface area contributed by atoms with Gasteiger partial charge in [-0.3, -0.25) is 14.3 Å². The summed E-state index contributed by atoms with van der Waals surface area (Å²) in [5.41, 5.74) is 4.20. The van der Waals surface area contributed by atoms with Gasteiger partial charge in [0.2, 0.25) is 11.8 Å². The molecular weight excluding hydrogens is 402 g/mol. The smallest absolute Gasteiger partial charge is 0.242 e. The predicted octanol–water partition coefficient (Wildman–Crippen LogP) is 3.52. The number of carbonyl (C=O) groups is 2. The van der Waals surface area contributed by atoms with Gasteiger partial charge in [0.1, 0.15) is 6.04 Å². The maximum absolute atomic E-state index is 12.9. The van der Waals surface area contributed by atoms with E-state index < -0.39 is 6.04 Å². The SMILES string of the molecule is Cc1nn(CCCNC(=O)C2CCC(=O)N2Cc2c[nH]c3ccccc23)c2ccccc12. The zero-order valence-electron chi connectivity index (χ0n) is 18.2. The fourth-order valence-corrected chi connectivity index (χ4v) is 4.67. The molecule has 0 saturated carbocycles. The van der Waals surface area contributed by atoms with Gasteiger partial charge in [0.25, 0.3) is 0 Å². The number of nitrogens with zero attached hydrogens (tertiary/aromatic N) is 3. The van der Waals surface area contributed by atoms with E-state index in [-0.39, 0.29) is 11.8 Å². The molecule has 1 aliphatic rings. The number of rotatable bonds is 7. The molecule has 7 nitrogen and oxygen atoms in total. The Morgan fingerprint density at radius 3 is 2.81 bits per heavy atom. The average Bonchev–Trinajstić information content (AvgIpc) is 3.48. The van der Waals surface area contributed by atoms with Crippen LogP contribution in [0.1, 0.15) is 30.5 Å². The monoisotopic (exact) mass is 429 g/mol. The van der Waals surface area contributed by atoms with Gasteiger partial charge in [0.15, 0.2) is 0 Å². The summed E-state index contributed by atoms with van der Waals surface area (Å²) in [6, 6.07) is 15.8. The first-order valence-corrected chi connectivity index (χ1v) is 11.2. The number of hydrogen-bond donors (Lipinski definition) is 2. The molecule has 4 aromatic rings. The van der Waals surface area contributed by atoms with Gasteiger partial charge in [0.05, 0.1) is 11.2 Å². The van der Waals surface area contributed by atoms with Crippen LogP contribution in [0.4, 0.5) is 0 Å². The maximum atomic E-state index is 12.9. The zero-order valence-corrected chi connectivity index (χ0v) is 18.2. The minimum Gasteiger partial charge on any atom is -0.361 e. The number of amides is 2. The Morgan fingerprint density at radius 2 is 1.94 bits per heavy atom. The van der Waals surface area contributed by atoms with E-state index in [0.717, 1.165) is 46.0 Å². The lowest BCUT2D eigenvalue weighted by atomic mass is 10.1. The molecule has 5 rings (SSSR count). The van der Waals surface area contributed by atoms with Crippen molar-refractivity contribution in [3.05, 3.63) is 66.0 Å². The summed E-state index contributed by atoms with van der Waals surface area (Å²) in [6.07, 6.45) is 3.69. The van der Waals surface area contributed by atoms with E-state index in [2.05, 4.69) is 27.5 Å². The van der Waals surface area contributed by atoms with Crippen LogP contribution in [0.3, 0.4) is 0 Å².